The number of pyridine rings is 1. The summed E-state index contributed by atoms with van der Waals surface area (Å²) in [6.45, 7) is 1.92. The van der Waals surface area contributed by atoms with Crippen molar-refractivity contribution in [2.24, 2.45) is 0 Å². The zero-order valence-corrected chi connectivity index (χ0v) is 12.4. The number of para-hydroxylation sites is 1. The zero-order valence-electron chi connectivity index (χ0n) is 12.4. The van der Waals surface area contributed by atoms with Crippen LogP contribution in [0.5, 0.6) is 0 Å². The molecule has 0 amide bonds. The first-order valence-corrected chi connectivity index (χ1v) is 7.11. The van der Waals surface area contributed by atoms with Gasteiger partial charge in [-0.2, -0.15) is 0 Å². The predicted molar refractivity (Wildman–Crippen MR) is 86.7 cm³/mol. The Balaban J connectivity index is 2.15. The third-order valence-electron chi connectivity index (χ3n) is 3.46. The van der Waals surface area contributed by atoms with Crippen molar-refractivity contribution in [1.29, 1.82) is 0 Å². The minimum Gasteiger partial charge on any atom is -0.312 e. The molecule has 0 saturated heterocycles. The molecule has 3 rings (SSSR count). The van der Waals surface area contributed by atoms with Crippen molar-refractivity contribution in [3.8, 4) is 0 Å². The van der Waals surface area contributed by atoms with Gasteiger partial charge in [-0.1, -0.05) is 24.3 Å². The van der Waals surface area contributed by atoms with Crippen LogP contribution in [0.2, 0.25) is 0 Å². The van der Waals surface area contributed by atoms with Gasteiger partial charge in [-0.15, -0.1) is 5.10 Å². The Kier molecular flexibility index (Phi) is 4.01. The maximum absolute atomic E-state index is 12.2. The maximum atomic E-state index is 12.2. The quantitative estimate of drug-likeness (QED) is 0.765. The van der Waals surface area contributed by atoms with Gasteiger partial charge in [0.2, 0.25) is 5.82 Å². The lowest BCUT2D eigenvalue weighted by Gasteiger charge is -2.28. The van der Waals surface area contributed by atoms with Gasteiger partial charge in [-0.25, -0.2) is 9.89 Å². The number of nitrogens with zero attached hydrogens (tertiary/aromatic N) is 3. The van der Waals surface area contributed by atoms with Gasteiger partial charge in [0.25, 0.3) is 5.56 Å². The van der Waals surface area contributed by atoms with Crippen molar-refractivity contribution in [1.82, 2.24) is 20.2 Å². The SMILES string of the molecule is CC(c1ccccn1)N(c1ccccc1)c1n[nH]c(=O)[nH]c1=O. The molecule has 1 unspecified atom stereocenters. The molecular formula is C16H15N5O2. The van der Waals surface area contributed by atoms with Crippen LogP contribution in [0.3, 0.4) is 0 Å². The van der Waals surface area contributed by atoms with E-state index in [9.17, 15) is 9.59 Å². The Hall–Kier alpha value is -3.22. The van der Waals surface area contributed by atoms with E-state index in [1.165, 1.54) is 0 Å². The van der Waals surface area contributed by atoms with Gasteiger partial charge in [-0.05, 0) is 31.2 Å². The number of anilines is 2. The van der Waals surface area contributed by atoms with Gasteiger partial charge in [0.1, 0.15) is 0 Å². The highest BCUT2D eigenvalue weighted by molar-refractivity contribution is 5.60. The molecule has 0 bridgehead atoms. The van der Waals surface area contributed by atoms with Gasteiger partial charge < -0.3 is 4.90 Å². The topological polar surface area (TPSA) is 94.7 Å². The van der Waals surface area contributed by atoms with Crippen molar-refractivity contribution in [3.63, 3.8) is 0 Å². The van der Waals surface area contributed by atoms with Crippen molar-refractivity contribution in [2.45, 2.75) is 13.0 Å². The smallest absolute Gasteiger partial charge is 0.312 e. The highest BCUT2D eigenvalue weighted by Gasteiger charge is 2.23. The van der Waals surface area contributed by atoms with E-state index in [-0.39, 0.29) is 11.9 Å². The molecule has 0 saturated carbocycles. The molecule has 2 aromatic heterocycles. The highest BCUT2D eigenvalue weighted by Crippen LogP contribution is 2.30. The number of hydrogen-bond acceptors (Lipinski definition) is 5. The van der Waals surface area contributed by atoms with Gasteiger partial charge in [0.05, 0.1) is 11.7 Å². The molecule has 1 atom stereocenters. The summed E-state index contributed by atoms with van der Waals surface area (Å²) in [6.07, 6.45) is 1.69. The van der Waals surface area contributed by atoms with E-state index in [0.717, 1.165) is 11.4 Å². The molecule has 7 heteroatoms. The van der Waals surface area contributed by atoms with Crippen LogP contribution in [0, 0.1) is 0 Å². The molecule has 23 heavy (non-hydrogen) atoms. The normalized spacial score (nSPS) is 11.9. The molecule has 0 spiro atoms. The summed E-state index contributed by atoms with van der Waals surface area (Å²) in [5.41, 5.74) is 0.358. The minimum absolute atomic E-state index is 0.106. The molecule has 0 aliphatic carbocycles. The van der Waals surface area contributed by atoms with Crippen LogP contribution in [0.1, 0.15) is 18.7 Å². The van der Waals surface area contributed by atoms with Crippen LogP contribution >= 0.6 is 0 Å². The van der Waals surface area contributed by atoms with Crippen LogP contribution in [0.25, 0.3) is 0 Å². The van der Waals surface area contributed by atoms with Crippen LogP contribution < -0.4 is 16.1 Å². The second kappa shape index (κ2) is 6.27. The molecule has 0 fully saturated rings. The molecule has 7 nitrogen and oxygen atoms in total. The Morgan fingerprint density at radius 3 is 2.43 bits per heavy atom. The Morgan fingerprint density at radius 2 is 1.78 bits per heavy atom. The van der Waals surface area contributed by atoms with Crippen molar-refractivity contribution < 1.29 is 0 Å². The molecule has 116 valence electrons. The summed E-state index contributed by atoms with van der Waals surface area (Å²) in [5.74, 6) is 0.106. The summed E-state index contributed by atoms with van der Waals surface area (Å²) in [7, 11) is 0. The number of benzene rings is 1. The van der Waals surface area contributed by atoms with E-state index in [4.69, 9.17) is 0 Å². The van der Waals surface area contributed by atoms with Crippen molar-refractivity contribution in [2.75, 3.05) is 4.90 Å². The van der Waals surface area contributed by atoms with Gasteiger partial charge in [0, 0.05) is 11.9 Å². The predicted octanol–water partition coefficient (Wildman–Crippen LogP) is 1.75. The molecular weight excluding hydrogens is 294 g/mol. The number of aromatic amines is 2. The third-order valence-corrected chi connectivity index (χ3v) is 3.46. The first kappa shape index (κ1) is 14.7. The van der Waals surface area contributed by atoms with Gasteiger partial charge >= 0.3 is 5.69 Å². The second-order valence-corrected chi connectivity index (χ2v) is 4.97. The number of aromatic nitrogens is 4. The van der Waals surface area contributed by atoms with E-state index in [2.05, 4.69) is 20.2 Å². The van der Waals surface area contributed by atoms with Crippen molar-refractivity contribution in [3.05, 3.63) is 81.3 Å². The Bertz CT molecular complexity index is 889. The minimum atomic E-state index is -0.641. The summed E-state index contributed by atoms with van der Waals surface area (Å²) in [5, 5.41) is 6.19. The van der Waals surface area contributed by atoms with E-state index in [0.29, 0.717) is 0 Å². The molecule has 3 aromatic rings. The average molecular weight is 309 g/mol. The van der Waals surface area contributed by atoms with Crippen LogP contribution in [0.4, 0.5) is 11.5 Å². The van der Waals surface area contributed by atoms with E-state index in [1.807, 2.05) is 55.5 Å². The lowest BCUT2D eigenvalue weighted by molar-refractivity contribution is 0.714. The van der Waals surface area contributed by atoms with Crippen LogP contribution in [0.15, 0.2) is 64.3 Å². The maximum Gasteiger partial charge on any atom is 0.342 e. The lowest BCUT2D eigenvalue weighted by atomic mass is 10.1. The fraction of sp³-hybridized carbons (Fsp3) is 0.125. The summed E-state index contributed by atoms with van der Waals surface area (Å²) in [6, 6.07) is 14.7. The lowest BCUT2D eigenvalue weighted by Crippen LogP contribution is -2.33. The standard InChI is InChI=1S/C16H15N5O2/c1-11(13-9-5-6-10-17-13)21(12-7-3-2-4-8-12)14-15(22)18-16(23)20-19-14/h2-11H,1H3,(H2,18,20,22,23). The zero-order chi connectivity index (χ0) is 16.2. The van der Waals surface area contributed by atoms with Crippen LogP contribution in [-0.2, 0) is 0 Å². The molecule has 1 aromatic carbocycles. The van der Waals surface area contributed by atoms with E-state index >= 15 is 0 Å². The first-order chi connectivity index (χ1) is 11.2. The molecule has 0 radical (unpaired) electrons. The van der Waals surface area contributed by atoms with Crippen molar-refractivity contribution >= 4 is 11.5 Å². The fourth-order valence-electron chi connectivity index (χ4n) is 2.38. The Morgan fingerprint density at radius 1 is 1.04 bits per heavy atom. The first-order valence-electron chi connectivity index (χ1n) is 7.11. The fourth-order valence-corrected chi connectivity index (χ4v) is 2.38. The van der Waals surface area contributed by atoms with Gasteiger partial charge in [-0.3, -0.25) is 14.8 Å². The van der Waals surface area contributed by atoms with Crippen LogP contribution in [-0.4, -0.2) is 20.2 Å². The summed E-state index contributed by atoms with van der Waals surface area (Å²) < 4.78 is 0. The summed E-state index contributed by atoms with van der Waals surface area (Å²) >= 11 is 0. The Labute approximate surface area is 131 Å². The average Bonchev–Trinajstić information content (AvgIpc) is 2.59. The molecule has 2 N–H and O–H groups in total. The molecule has 0 aliphatic rings. The number of rotatable bonds is 4. The third kappa shape index (κ3) is 3.03. The van der Waals surface area contributed by atoms with Gasteiger partial charge in [0.15, 0.2) is 0 Å². The number of hydrogen-bond donors (Lipinski definition) is 2. The highest BCUT2D eigenvalue weighted by atomic mass is 16.2. The molecule has 2 heterocycles. The monoisotopic (exact) mass is 309 g/mol. The van der Waals surface area contributed by atoms with E-state index in [1.54, 1.807) is 11.1 Å². The second-order valence-electron chi connectivity index (χ2n) is 4.97. The number of nitrogens with one attached hydrogen (secondary N) is 2. The number of H-pyrrole nitrogens is 2. The van der Waals surface area contributed by atoms with E-state index < -0.39 is 11.2 Å². The molecule has 0 aliphatic heterocycles. The largest absolute Gasteiger partial charge is 0.342 e. The summed E-state index contributed by atoms with van der Waals surface area (Å²) in [4.78, 5) is 31.7.